The smallest absolute Gasteiger partial charge is 0.133 e. The predicted octanol–water partition coefficient (Wildman–Crippen LogP) is 4.61. The molecule has 4 saturated carbocycles. The van der Waals surface area contributed by atoms with Crippen LogP contribution in [0.1, 0.15) is 78.6 Å². The minimum Gasteiger partial charge on any atom is -0.394 e. The Hall–Kier alpha value is -0.410. The molecule has 26 heavy (non-hydrogen) atoms. The fraction of sp³-hybridized carbons (Fsp3) is 0.957. The Kier molecular flexibility index (Phi) is 5.01. The van der Waals surface area contributed by atoms with Crippen LogP contribution in [0.15, 0.2) is 0 Å². The van der Waals surface area contributed by atoms with Crippen molar-refractivity contribution in [1.82, 2.24) is 0 Å². The molecular formula is C23H38O3. The van der Waals surface area contributed by atoms with Gasteiger partial charge in [0.05, 0.1) is 19.3 Å². The maximum atomic E-state index is 12.2. The molecule has 0 aromatic rings. The molecule has 0 bridgehead atoms. The summed E-state index contributed by atoms with van der Waals surface area (Å²) in [5.74, 6) is 4.02. The van der Waals surface area contributed by atoms with Gasteiger partial charge in [0.1, 0.15) is 5.78 Å². The van der Waals surface area contributed by atoms with Crippen molar-refractivity contribution in [3.05, 3.63) is 0 Å². The van der Waals surface area contributed by atoms with Crippen molar-refractivity contribution >= 4 is 5.78 Å². The zero-order valence-electron chi connectivity index (χ0n) is 17.0. The lowest BCUT2D eigenvalue weighted by Gasteiger charge is -2.61. The molecule has 4 fully saturated rings. The van der Waals surface area contributed by atoms with Gasteiger partial charge in [-0.3, -0.25) is 4.79 Å². The normalized spacial score (nSPS) is 50.6. The molecular weight excluding hydrogens is 324 g/mol. The van der Waals surface area contributed by atoms with Crippen molar-refractivity contribution in [2.45, 2.75) is 84.7 Å². The summed E-state index contributed by atoms with van der Waals surface area (Å²) in [6.07, 6.45) is 11.7. The van der Waals surface area contributed by atoms with Gasteiger partial charge in [0, 0.05) is 5.92 Å². The molecule has 148 valence electrons. The van der Waals surface area contributed by atoms with Crippen molar-refractivity contribution < 1.29 is 14.6 Å². The lowest BCUT2D eigenvalue weighted by molar-refractivity contribution is -0.142. The highest BCUT2D eigenvalue weighted by atomic mass is 16.5. The molecule has 8 atom stereocenters. The van der Waals surface area contributed by atoms with Gasteiger partial charge in [-0.25, -0.2) is 0 Å². The molecule has 0 saturated heterocycles. The summed E-state index contributed by atoms with van der Waals surface area (Å²) in [6, 6.07) is 0. The Bertz CT molecular complexity index is 546. The lowest BCUT2D eigenvalue weighted by Crippen LogP contribution is -2.54. The zero-order chi connectivity index (χ0) is 18.5. The minimum absolute atomic E-state index is 0.140. The molecule has 4 aliphatic carbocycles. The number of ketones is 1. The number of aliphatic hydroxyl groups excluding tert-OH is 1. The molecule has 0 aliphatic heterocycles. The summed E-state index contributed by atoms with van der Waals surface area (Å²) < 4.78 is 5.90. The van der Waals surface area contributed by atoms with Crippen molar-refractivity contribution in [3.63, 3.8) is 0 Å². The summed E-state index contributed by atoms with van der Waals surface area (Å²) in [4.78, 5) is 12.2. The van der Waals surface area contributed by atoms with E-state index in [4.69, 9.17) is 9.84 Å². The molecule has 3 heteroatoms. The predicted molar refractivity (Wildman–Crippen MR) is 103 cm³/mol. The van der Waals surface area contributed by atoms with E-state index in [1.54, 1.807) is 0 Å². The summed E-state index contributed by atoms with van der Waals surface area (Å²) >= 11 is 0. The van der Waals surface area contributed by atoms with Gasteiger partial charge in [-0.15, -0.1) is 0 Å². The molecule has 0 amide bonds. The summed E-state index contributed by atoms with van der Waals surface area (Å²) in [5.41, 5.74) is 0.745. The van der Waals surface area contributed by atoms with E-state index in [0.29, 0.717) is 29.8 Å². The van der Waals surface area contributed by atoms with Crippen molar-refractivity contribution in [2.75, 3.05) is 13.2 Å². The number of fused-ring (bicyclic) bond motifs is 5. The van der Waals surface area contributed by atoms with Crippen LogP contribution in [0.3, 0.4) is 0 Å². The SMILES string of the molecule is CC(=O)[C@H]1CC[C@H]2[C@@H]3CC[C@H]4C[C@@H](OCCO)CC[C@]4(C)[C@H]3CC[C@]12C. The van der Waals surface area contributed by atoms with Gasteiger partial charge in [-0.2, -0.15) is 0 Å². The van der Waals surface area contributed by atoms with Crippen LogP contribution in [0, 0.1) is 40.4 Å². The van der Waals surface area contributed by atoms with Crippen LogP contribution >= 0.6 is 0 Å². The Labute approximate surface area is 159 Å². The molecule has 0 spiro atoms. The fourth-order valence-electron chi connectivity index (χ4n) is 8.26. The molecule has 0 unspecified atom stereocenters. The Morgan fingerprint density at radius 2 is 1.73 bits per heavy atom. The van der Waals surface area contributed by atoms with Gasteiger partial charge >= 0.3 is 0 Å². The number of carbonyl (C=O) groups excluding carboxylic acids is 1. The van der Waals surface area contributed by atoms with E-state index < -0.39 is 0 Å². The Morgan fingerprint density at radius 1 is 1.00 bits per heavy atom. The van der Waals surface area contributed by atoms with Crippen molar-refractivity contribution in [2.24, 2.45) is 40.4 Å². The van der Waals surface area contributed by atoms with Gasteiger partial charge in [0.15, 0.2) is 0 Å². The maximum Gasteiger partial charge on any atom is 0.133 e. The highest BCUT2D eigenvalue weighted by Gasteiger charge is 2.60. The first-order valence-corrected chi connectivity index (χ1v) is 11.1. The number of aliphatic hydroxyl groups is 1. The molecule has 0 radical (unpaired) electrons. The largest absolute Gasteiger partial charge is 0.394 e. The van der Waals surface area contributed by atoms with Gasteiger partial charge < -0.3 is 9.84 Å². The number of Topliss-reactive ketones (excluding diaryl/α,β-unsaturated/α-hetero) is 1. The second kappa shape index (κ2) is 6.88. The summed E-state index contributed by atoms with van der Waals surface area (Å²) in [7, 11) is 0. The topological polar surface area (TPSA) is 46.5 Å². The number of rotatable bonds is 4. The van der Waals surface area contributed by atoms with E-state index in [9.17, 15) is 4.79 Å². The third-order valence-corrected chi connectivity index (χ3v) is 9.55. The quantitative estimate of drug-likeness (QED) is 0.794. The van der Waals surface area contributed by atoms with Crippen LogP contribution in [-0.4, -0.2) is 30.2 Å². The van der Waals surface area contributed by atoms with Crippen LogP contribution in [0.2, 0.25) is 0 Å². The third kappa shape index (κ3) is 2.80. The fourth-order valence-corrected chi connectivity index (χ4v) is 8.26. The second-order valence-electron chi connectivity index (χ2n) is 10.4. The highest BCUT2D eigenvalue weighted by Crippen LogP contribution is 2.67. The van der Waals surface area contributed by atoms with E-state index in [1.807, 2.05) is 6.92 Å². The first-order chi connectivity index (χ1) is 12.4. The minimum atomic E-state index is 0.140. The van der Waals surface area contributed by atoms with Gasteiger partial charge in [-0.1, -0.05) is 13.8 Å². The summed E-state index contributed by atoms with van der Waals surface area (Å²) in [5, 5.41) is 9.06. The Balaban J connectivity index is 1.51. The van der Waals surface area contributed by atoms with Gasteiger partial charge in [0.2, 0.25) is 0 Å². The molecule has 1 N–H and O–H groups in total. The molecule has 0 heterocycles. The van der Waals surface area contributed by atoms with Crippen molar-refractivity contribution in [3.8, 4) is 0 Å². The molecule has 4 rings (SSSR count). The summed E-state index contributed by atoms with van der Waals surface area (Å²) in [6.45, 7) is 7.49. The van der Waals surface area contributed by atoms with E-state index in [-0.39, 0.29) is 12.0 Å². The number of ether oxygens (including phenoxy) is 1. The average Bonchev–Trinajstić information content (AvgIpc) is 2.97. The van der Waals surface area contributed by atoms with Crippen molar-refractivity contribution in [1.29, 1.82) is 0 Å². The van der Waals surface area contributed by atoms with Gasteiger partial charge in [-0.05, 0) is 99.2 Å². The van der Waals surface area contributed by atoms with E-state index in [2.05, 4.69) is 13.8 Å². The molecule has 3 nitrogen and oxygen atoms in total. The highest BCUT2D eigenvalue weighted by molar-refractivity contribution is 5.79. The average molecular weight is 363 g/mol. The molecule has 4 aliphatic rings. The van der Waals surface area contributed by atoms with Crippen LogP contribution in [-0.2, 0) is 9.53 Å². The zero-order valence-corrected chi connectivity index (χ0v) is 17.0. The third-order valence-electron chi connectivity index (χ3n) is 9.55. The van der Waals surface area contributed by atoms with E-state index >= 15 is 0 Å². The lowest BCUT2D eigenvalue weighted by atomic mass is 9.44. The first kappa shape index (κ1) is 18.9. The van der Waals surface area contributed by atoms with E-state index in [0.717, 1.165) is 36.5 Å². The van der Waals surface area contributed by atoms with Crippen LogP contribution in [0.25, 0.3) is 0 Å². The number of hydrogen-bond acceptors (Lipinski definition) is 3. The van der Waals surface area contributed by atoms with Gasteiger partial charge in [0.25, 0.3) is 0 Å². The number of carbonyl (C=O) groups is 1. The monoisotopic (exact) mass is 362 g/mol. The standard InChI is InChI=1S/C23H38O3/c1-15(25)19-6-7-20-18-5-4-16-14-17(26-13-12-24)8-10-22(16,2)21(18)9-11-23(19,20)3/h16-21,24H,4-14H2,1-3H3/t16-,17-,18-,19+,20-,21-,22-,23+/m0/s1. The molecule has 0 aromatic heterocycles. The van der Waals surface area contributed by atoms with Crippen LogP contribution in [0.4, 0.5) is 0 Å². The maximum absolute atomic E-state index is 12.2. The second-order valence-corrected chi connectivity index (χ2v) is 10.4. The van der Waals surface area contributed by atoms with E-state index in [1.165, 1.54) is 44.9 Å². The first-order valence-electron chi connectivity index (χ1n) is 11.1. The Morgan fingerprint density at radius 3 is 2.46 bits per heavy atom. The van der Waals surface area contributed by atoms with Crippen LogP contribution in [0.5, 0.6) is 0 Å². The number of hydrogen-bond donors (Lipinski definition) is 1. The molecule has 0 aromatic carbocycles. The van der Waals surface area contributed by atoms with Crippen LogP contribution < -0.4 is 0 Å².